The van der Waals surface area contributed by atoms with Crippen LogP contribution in [0.1, 0.15) is 36.6 Å². The Morgan fingerprint density at radius 2 is 1.96 bits per heavy atom. The molecule has 2 N–H and O–H groups in total. The number of rotatable bonds is 4. The molecule has 0 saturated carbocycles. The molecule has 1 aromatic carbocycles. The summed E-state index contributed by atoms with van der Waals surface area (Å²) in [5.41, 5.74) is 2.55. The lowest BCUT2D eigenvalue weighted by molar-refractivity contribution is 0.864. The molecule has 0 fully saturated rings. The maximum atomic E-state index is 12.0. The second-order valence-corrected chi connectivity index (χ2v) is 6.15. The Hall–Kier alpha value is -2.34. The molecule has 6 nitrogen and oxygen atoms in total. The van der Waals surface area contributed by atoms with Gasteiger partial charge in [-0.3, -0.25) is 9.89 Å². The number of hydrogen-bond donors (Lipinski definition) is 2. The van der Waals surface area contributed by atoms with Crippen molar-refractivity contribution in [3.05, 3.63) is 56.5 Å². The number of halogens is 1. The molecule has 0 atom stereocenters. The van der Waals surface area contributed by atoms with Gasteiger partial charge in [0.05, 0.1) is 5.69 Å². The zero-order valence-electron chi connectivity index (χ0n) is 13.2. The van der Waals surface area contributed by atoms with Gasteiger partial charge in [0.25, 0.3) is 11.3 Å². The fraction of sp³-hybridized carbons (Fsp3) is 0.312. The van der Waals surface area contributed by atoms with E-state index in [4.69, 9.17) is 11.6 Å². The minimum absolute atomic E-state index is 0.0991. The van der Waals surface area contributed by atoms with Crippen molar-refractivity contribution in [3.8, 4) is 0 Å². The van der Waals surface area contributed by atoms with E-state index in [2.05, 4.69) is 58.5 Å². The number of fused-ring (bicyclic) bond motifs is 1. The van der Waals surface area contributed by atoms with Crippen molar-refractivity contribution in [3.63, 3.8) is 0 Å². The lowest BCUT2D eigenvalue weighted by Gasteiger charge is -2.07. The van der Waals surface area contributed by atoms with Gasteiger partial charge < -0.3 is 5.32 Å². The predicted octanol–water partition coefficient (Wildman–Crippen LogP) is 3.11. The highest BCUT2D eigenvalue weighted by Gasteiger charge is 2.11. The number of benzene rings is 1. The molecule has 3 rings (SSSR count). The first-order valence-corrected chi connectivity index (χ1v) is 7.81. The summed E-state index contributed by atoms with van der Waals surface area (Å²) < 4.78 is 1.24. The number of aryl methyl sites for hydroxylation is 1. The van der Waals surface area contributed by atoms with Gasteiger partial charge >= 0.3 is 0 Å². The molecule has 23 heavy (non-hydrogen) atoms. The molecular weight excluding hydrogens is 314 g/mol. The highest BCUT2D eigenvalue weighted by atomic mass is 35.5. The van der Waals surface area contributed by atoms with Crippen molar-refractivity contribution < 1.29 is 0 Å². The van der Waals surface area contributed by atoms with E-state index in [-0.39, 0.29) is 10.6 Å². The number of aromatic nitrogens is 4. The van der Waals surface area contributed by atoms with E-state index >= 15 is 0 Å². The summed E-state index contributed by atoms with van der Waals surface area (Å²) >= 11 is 5.92. The van der Waals surface area contributed by atoms with Gasteiger partial charge in [-0.1, -0.05) is 49.7 Å². The van der Waals surface area contributed by atoms with Crippen LogP contribution in [0, 0.1) is 6.92 Å². The molecular formula is C16H18ClN5O. The lowest BCUT2D eigenvalue weighted by Crippen LogP contribution is -2.17. The molecule has 0 radical (unpaired) electrons. The summed E-state index contributed by atoms with van der Waals surface area (Å²) in [4.78, 5) is 20.5. The third-order valence-electron chi connectivity index (χ3n) is 3.71. The minimum Gasteiger partial charge on any atom is -0.351 e. The summed E-state index contributed by atoms with van der Waals surface area (Å²) in [6.45, 7) is 6.61. The Labute approximate surface area is 138 Å². The van der Waals surface area contributed by atoms with E-state index in [9.17, 15) is 4.79 Å². The van der Waals surface area contributed by atoms with Crippen LogP contribution in [-0.2, 0) is 6.54 Å². The van der Waals surface area contributed by atoms with Gasteiger partial charge in [-0.05, 0) is 24.0 Å². The van der Waals surface area contributed by atoms with Crippen LogP contribution in [0.4, 0.5) is 5.95 Å². The third kappa shape index (κ3) is 3.07. The van der Waals surface area contributed by atoms with E-state index in [1.54, 1.807) is 6.92 Å². The zero-order valence-corrected chi connectivity index (χ0v) is 14.0. The Balaban J connectivity index is 1.79. The summed E-state index contributed by atoms with van der Waals surface area (Å²) in [5.74, 6) is 1.29. The summed E-state index contributed by atoms with van der Waals surface area (Å²) in [7, 11) is 0. The highest BCUT2D eigenvalue weighted by molar-refractivity contribution is 6.31. The van der Waals surface area contributed by atoms with Crippen molar-refractivity contribution in [1.82, 2.24) is 19.6 Å². The number of nitrogens with one attached hydrogen (secondary N) is 2. The second kappa shape index (κ2) is 6.04. The molecule has 0 saturated heterocycles. The van der Waals surface area contributed by atoms with Crippen LogP contribution >= 0.6 is 11.6 Å². The zero-order chi connectivity index (χ0) is 16.6. The van der Waals surface area contributed by atoms with Crippen molar-refractivity contribution in [2.45, 2.75) is 33.2 Å². The molecule has 2 heterocycles. The van der Waals surface area contributed by atoms with Crippen LogP contribution in [0.25, 0.3) is 5.78 Å². The molecule has 7 heteroatoms. The van der Waals surface area contributed by atoms with Gasteiger partial charge in [0.2, 0.25) is 5.95 Å². The van der Waals surface area contributed by atoms with Crippen molar-refractivity contribution >= 4 is 23.3 Å². The Kier molecular flexibility index (Phi) is 4.09. The van der Waals surface area contributed by atoms with Gasteiger partial charge in [-0.2, -0.15) is 9.50 Å². The van der Waals surface area contributed by atoms with Gasteiger partial charge in [0, 0.05) is 6.54 Å². The Morgan fingerprint density at radius 1 is 1.26 bits per heavy atom. The summed E-state index contributed by atoms with van der Waals surface area (Å²) in [6.07, 6.45) is 0. The number of aromatic amines is 1. The van der Waals surface area contributed by atoms with E-state index in [1.807, 2.05) is 0 Å². The maximum Gasteiger partial charge on any atom is 0.293 e. The second-order valence-electron chi connectivity index (χ2n) is 5.77. The lowest BCUT2D eigenvalue weighted by atomic mass is 10.0. The number of H-pyrrole nitrogens is 1. The molecule has 0 aliphatic rings. The van der Waals surface area contributed by atoms with E-state index in [1.165, 1.54) is 10.1 Å². The molecule has 120 valence electrons. The molecule has 2 aromatic heterocycles. The van der Waals surface area contributed by atoms with Crippen LogP contribution in [0.5, 0.6) is 0 Å². The fourth-order valence-electron chi connectivity index (χ4n) is 2.28. The number of hydrogen-bond acceptors (Lipinski definition) is 4. The van der Waals surface area contributed by atoms with Gasteiger partial charge in [-0.25, -0.2) is 4.98 Å². The molecule has 0 unspecified atom stereocenters. The predicted molar refractivity (Wildman–Crippen MR) is 91.2 cm³/mol. The largest absolute Gasteiger partial charge is 0.351 e. The SMILES string of the molecule is Cc1nc2nc(NCc3ccc(C(C)C)cc3)[nH]n2c(=O)c1Cl. The topological polar surface area (TPSA) is 75.1 Å². The molecule has 0 amide bonds. The fourth-order valence-corrected chi connectivity index (χ4v) is 2.41. The van der Waals surface area contributed by atoms with Gasteiger partial charge in [-0.15, -0.1) is 0 Å². The van der Waals surface area contributed by atoms with E-state index in [0.29, 0.717) is 29.9 Å². The number of nitrogens with zero attached hydrogens (tertiary/aromatic N) is 3. The molecule has 0 spiro atoms. The van der Waals surface area contributed by atoms with Crippen molar-refractivity contribution in [1.29, 1.82) is 0 Å². The van der Waals surface area contributed by atoms with Gasteiger partial charge in [0.1, 0.15) is 5.02 Å². The van der Waals surface area contributed by atoms with Crippen LogP contribution in [0.3, 0.4) is 0 Å². The van der Waals surface area contributed by atoms with E-state index in [0.717, 1.165) is 5.56 Å². The standard InChI is InChI=1S/C16H18ClN5O/c1-9(2)12-6-4-11(5-7-12)8-18-15-20-16-19-10(3)13(17)14(23)22(16)21-15/h4-7,9H,8H2,1-3H3,(H2,18,19,20,21). The van der Waals surface area contributed by atoms with Gasteiger partial charge in [0.15, 0.2) is 0 Å². The summed E-state index contributed by atoms with van der Waals surface area (Å²) in [5, 5.41) is 6.12. The van der Waals surface area contributed by atoms with Crippen LogP contribution < -0.4 is 10.9 Å². The average Bonchev–Trinajstić information content (AvgIpc) is 2.94. The average molecular weight is 332 g/mol. The first kappa shape index (κ1) is 15.6. The van der Waals surface area contributed by atoms with Crippen molar-refractivity contribution in [2.24, 2.45) is 0 Å². The summed E-state index contributed by atoms with van der Waals surface area (Å²) in [6, 6.07) is 8.40. The quantitative estimate of drug-likeness (QED) is 0.770. The van der Waals surface area contributed by atoms with Crippen LogP contribution in [0.2, 0.25) is 5.02 Å². The molecule has 0 aliphatic carbocycles. The highest BCUT2D eigenvalue weighted by Crippen LogP contribution is 2.15. The first-order chi connectivity index (χ1) is 11.0. The monoisotopic (exact) mass is 331 g/mol. The Bertz CT molecular complexity index is 895. The normalized spacial score (nSPS) is 11.3. The van der Waals surface area contributed by atoms with Crippen molar-refractivity contribution in [2.75, 3.05) is 5.32 Å². The number of anilines is 1. The van der Waals surface area contributed by atoms with Crippen LogP contribution in [-0.4, -0.2) is 19.6 Å². The molecule has 0 aliphatic heterocycles. The maximum absolute atomic E-state index is 12.0. The smallest absolute Gasteiger partial charge is 0.293 e. The van der Waals surface area contributed by atoms with Crippen LogP contribution in [0.15, 0.2) is 29.1 Å². The third-order valence-corrected chi connectivity index (χ3v) is 4.15. The molecule has 0 bridgehead atoms. The Morgan fingerprint density at radius 3 is 2.61 bits per heavy atom. The first-order valence-electron chi connectivity index (χ1n) is 7.43. The van der Waals surface area contributed by atoms with E-state index < -0.39 is 0 Å². The minimum atomic E-state index is -0.351. The molecule has 3 aromatic rings.